The Bertz CT molecular complexity index is 651. The third kappa shape index (κ3) is 4.37. The van der Waals surface area contributed by atoms with Crippen LogP contribution in [-0.4, -0.2) is 15.5 Å². The molecule has 4 nitrogen and oxygen atoms in total. The fourth-order valence-corrected chi connectivity index (χ4v) is 1.78. The van der Waals surface area contributed by atoms with Gasteiger partial charge in [-0.2, -0.15) is 4.98 Å². The van der Waals surface area contributed by atoms with Crippen LogP contribution in [-0.2, 0) is 0 Å². The Kier molecular flexibility index (Phi) is 4.06. The first-order chi connectivity index (χ1) is 9.73. The number of anilines is 3. The van der Waals surface area contributed by atoms with Crippen LogP contribution < -0.4 is 10.6 Å². The van der Waals surface area contributed by atoms with Gasteiger partial charge in [-0.05, 0) is 39.8 Å². The summed E-state index contributed by atoms with van der Waals surface area (Å²) < 4.78 is 26.1. The van der Waals surface area contributed by atoms with E-state index in [9.17, 15) is 8.78 Å². The van der Waals surface area contributed by atoms with Crippen LogP contribution in [0.4, 0.5) is 26.2 Å². The number of hydrogen-bond donors (Lipinski definition) is 2. The molecule has 1 heterocycles. The lowest BCUT2D eigenvalue weighted by Gasteiger charge is -2.21. The molecule has 0 aliphatic carbocycles. The van der Waals surface area contributed by atoms with Crippen molar-refractivity contribution >= 4 is 17.5 Å². The lowest BCUT2D eigenvalue weighted by atomic mass is 10.1. The molecule has 0 fully saturated rings. The smallest absolute Gasteiger partial charge is 0.229 e. The summed E-state index contributed by atoms with van der Waals surface area (Å²) >= 11 is 0. The van der Waals surface area contributed by atoms with Crippen LogP contribution in [0.1, 0.15) is 26.5 Å². The Balaban J connectivity index is 2.25. The van der Waals surface area contributed by atoms with Gasteiger partial charge in [-0.15, -0.1) is 0 Å². The van der Waals surface area contributed by atoms with Gasteiger partial charge in [0.15, 0.2) is 11.6 Å². The van der Waals surface area contributed by atoms with E-state index in [-0.39, 0.29) is 5.54 Å². The van der Waals surface area contributed by atoms with Crippen molar-refractivity contribution in [2.45, 2.75) is 33.2 Å². The van der Waals surface area contributed by atoms with E-state index in [4.69, 9.17) is 0 Å². The van der Waals surface area contributed by atoms with Crippen molar-refractivity contribution in [3.63, 3.8) is 0 Å². The first kappa shape index (κ1) is 15.2. The number of aromatic nitrogens is 2. The molecule has 0 bridgehead atoms. The number of nitrogens with zero attached hydrogens (tertiary/aromatic N) is 2. The van der Waals surface area contributed by atoms with Gasteiger partial charge < -0.3 is 10.6 Å². The van der Waals surface area contributed by atoms with E-state index in [1.54, 1.807) is 0 Å². The zero-order valence-corrected chi connectivity index (χ0v) is 12.5. The van der Waals surface area contributed by atoms with E-state index < -0.39 is 11.6 Å². The maximum atomic E-state index is 13.2. The van der Waals surface area contributed by atoms with Gasteiger partial charge in [-0.3, -0.25) is 0 Å². The average Bonchev–Trinajstić information content (AvgIpc) is 2.31. The van der Waals surface area contributed by atoms with Crippen molar-refractivity contribution in [3.8, 4) is 0 Å². The van der Waals surface area contributed by atoms with Gasteiger partial charge in [0.1, 0.15) is 5.82 Å². The first-order valence-electron chi connectivity index (χ1n) is 6.59. The molecule has 1 aromatic heterocycles. The van der Waals surface area contributed by atoms with Crippen LogP contribution in [0.5, 0.6) is 0 Å². The minimum atomic E-state index is -0.916. The van der Waals surface area contributed by atoms with Gasteiger partial charge in [0.05, 0.1) is 0 Å². The minimum Gasteiger partial charge on any atom is -0.365 e. The molecule has 112 valence electrons. The molecule has 0 saturated carbocycles. The summed E-state index contributed by atoms with van der Waals surface area (Å²) in [6.45, 7) is 7.90. The van der Waals surface area contributed by atoms with Crippen LogP contribution in [0.25, 0.3) is 0 Å². The summed E-state index contributed by atoms with van der Waals surface area (Å²) in [5.41, 5.74) is 1.02. The highest BCUT2D eigenvalue weighted by Crippen LogP contribution is 2.19. The standard InChI is InChI=1S/C15H18F2N4/c1-9-7-13(21-15(2,3)4)20-14(18-9)19-10-5-6-11(16)12(17)8-10/h5-8H,1-4H3,(H2,18,19,20,21). The molecule has 0 amide bonds. The van der Waals surface area contributed by atoms with Crippen molar-refractivity contribution in [3.05, 3.63) is 41.6 Å². The number of rotatable bonds is 3. The van der Waals surface area contributed by atoms with Gasteiger partial charge in [0, 0.05) is 29.1 Å². The predicted molar refractivity (Wildman–Crippen MR) is 79.8 cm³/mol. The average molecular weight is 292 g/mol. The maximum Gasteiger partial charge on any atom is 0.229 e. The molecular weight excluding hydrogens is 274 g/mol. The van der Waals surface area contributed by atoms with E-state index in [1.165, 1.54) is 6.07 Å². The van der Waals surface area contributed by atoms with Crippen molar-refractivity contribution in [2.24, 2.45) is 0 Å². The van der Waals surface area contributed by atoms with Gasteiger partial charge in [0.25, 0.3) is 0 Å². The zero-order valence-electron chi connectivity index (χ0n) is 12.5. The fraction of sp³-hybridized carbons (Fsp3) is 0.333. The van der Waals surface area contributed by atoms with Crippen molar-refractivity contribution in [2.75, 3.05) is 10.6 Å². The van der Waals surface area contributed by atoms with Crippen molar-refractivity contribution in [1.82, 2.24) is 9.97 Å². The summed E-state index contributed by atoms with van der Waals surface area (Å²) in [5, 5.41) is 6.11. The Labute approximate surface area is 122 Å². The van der Waals surface area contributed by atoms with E-state index in [2.05, 4.69) is 20.6 Å². The minimum absolute atomic E-state index is 0.139. The summed E-state index contributed by atoms with van der Waals surface area (Å²) in [7, 11) is 0. The van der Waals surface area contributed by atoms with Gasteiger partial charge in [-0.1, -0.05) is 0 Å². The summed E-state index contributed by atoms with van der Waals surface area (Å²) in [4.78, 5) is 8.55. The highest BCUT2D eigenvalue weighted by atomic mass is 19.2. The molecule has 0 aliphatic rings. The molecule has 0 saturated heterocycles. The summed E-state index contributed by atoms with van der Waals surface area (Å²) in [6, 6.07) is 5.38. The molecule has 0 spiro atoms. The first-order valence-corrected chi connectivity index (χ1v) is 6.59. The molecular formula is C15H18F2N4. The second-order valence-electron chi connectivity index (χ2n) is 5.85. The number of nitrogens with one attached hydrogen (secondary N) is 2. The second-order valence-corrected chi connectivity index (χ2v) is 5.85. The molecule has 0 atom stereocenters. The topological polar surface area (TPSA) is 49.8 Å². The lowest BCUT2D eigenvalue weighted by Crippen LogP contribution is -2.27. The Morgan fingerprint density at radius 1 is 1.00 bits per heavy atom. The molecule has 2 N–H and O–H groups in total. The van der Waals surface area contributed by atoms with Gasteiger partial charge in [-0.25, -0.2) is 13.8 Å². The van der Waals surface area contributed by atoms with Crippen LogP contribution in [0.3, 0.4) is 0 Å². The molecule has 21 heavy (non-hydrogen) atoms. The number of halogens is 2. The highest BCUT2D eigenvalue weighted by molar-refractivity contribution is 5.55. The summed E-state index contributed by atoms with van der Waals surface area (Å²) in [6.07, 6.45) is 0. The number of hydrogen-bond acceptors (Lipinski definition) is 4. The lowest BCUT2D eigenvalue weighted by molar-refractivity contribution is 0.509. The largest absolute Gasteiger partial charge is 0.365 e. The van der Waals surface area contributed by atoms with Crippen LogP contribution in [0, 0.1) is 18.6 Å². The Morgan fingerprint density at radius 2 is 1.71 bits per heavy atom. The highest BCUT2D eigenvalue weighted by Gasteiger charge is 2.12. The van der Waals surface area contributed by atoms with Gasteiger partial charge in [0.2, 0.25) is 5.95 Å². The van der Waals surface area contributed by atoms with Crippen molar-refractivity contribution < 1.29 is 8.78 Å². The van der Waals surface area contributed by atoms with Gasteiger partial charge >= 0.3 is 0 Å². The molecule has 0 aliphatic heterocycles. The number of benzene rings is 1. The molecule has 2 rings (SSSR count). The quantitative estimate of drug-likeness (QED) is 0.897. The fourth-order valence-electron chi connectivity index (χ4n) is 1.78. The molecule has 0 unspecified atom stereocenters. The summed E-state index contributed by atoms with van der Waals surface area (Å²) in [5.74, 6) is -0.811. The maximum absolute atomic E-state index is 13.2. The van der Waals surface area contributed by atoms with E-state index in [0.717, 1.165) is 17.8 Å². The van der Waals surface area contributed by atoms with Crippen LogP contribution in [0.15, 0.2) is 24.3 Å². The van der Waals surface area contributed by atoms with E-state index in [1.807, 2.05) is 33.8 Å². The van der Waals surface area contributed by atoms with Crippen LogP contribution >= 0.6 is 0 Å². The Morgan fingerprint density at radius 3 is 2.33 bits per heavy atom. The molecule has 1 aromatic carbocycles. The van der Waals surface area contributed by atoms with E-state index in [0.29, 0.717) is 17.5 Å². The van der Waals surface area contributed by atoms with E-state index >= 15 is 0 Å². The van der Waals surface area contributed by atoms with Crippen LogP contribution in [0.2, 0.25) is 0 Å². The normalized spacial score (nSPS) is 11.3. The third-order valence-electron chi connectivity index (χ3n) is 2.53. The SMILES string of the molecule is Cc1cc(NC(C)(C)C)nc(Nc2ccc(F)c(F)c2)n1. The molecule has 2 aromatic rings. The third-order valence-corrected chi connectivity index (χ3v) is 2.53. The monoisotopic (exact) mass is 292 g/mol. The zero-order chi connectivity index (χ0) is 15.6. The van der Waals surface area contributed by atoms with Crippen molar-refractivity contribution in [1.29, 1.82) is 0 Å². The molecule has 0 radical (unpaired) electrons. The Hall–Kier alpha value is -2.24. The number of aryl methyl sites for hydroxylation is 1. The predicted octanol–water partition coefficient (Wildman–Crippen LogP) is 4.02. The molecule has 6 heteroatoms. The second kappa shape index (κ2) is 5.63.